The Hall–Kier alpha value is -3.15. The third-order valence-corrected chi connectivity index (χ3v) is 5.22. The van der Waals surface area contributed by atoms with E-state index in [1.807, 2.05) is 60.7 Å². The van der Waals surface area contributed by atoms with E-state index in [1.165, 1.54) is 4.90 Å². The van der Waals surface area contributed by atoms with Gasteiger partial charge in [0.15, 0.2) is 0 Å². The topological polar surface area (TPSA) is 86.7 Å². The van der Waals surface area contributed by atoms with Crippen molar-refractivity contribution in [1.29, 1.82) is 0 Å². The van der Waals surface area contributed by atoms with E-state index in [9.17, 15) is 19.5 Å². The van der Waals surface area contributed by atoms with Gasteiger partial charge in [-0.25, -0.2) is 4.79 Å². The van der Waals surface area contributed by atoms with E-state index in [4.69, 9.17) is 0 Å². The zero-order valence-corrected chi connectivity index (χ0v) is 16.3. The highest BCUT2D eigenvalue weighted by molar-refractivity contribution is 5.91. The Balaban J connectivity index is 1.69. The number of hydrogen-bond acceptors (Lipinski definition) is 3. The van der Waals surface area contributed by atoms with Gasteiger partial charge in [-0.3, -0.25) is 9.59 Å². The van der Waals surface area contributed by atoms with Crippen molar-refractivity contribution >= 4 is 17.8 Å². The van der Waals surface area contributed by atoms with Gasteiger partial charge >= 0.3 is 5.97 Å². The molecule has 0 aliphatic carbocycles. The van der Waals surface area contributed by atoms with Crippen LogP contribution in [0.5, 0.6) is 0 Å². The van der Waals surface area contributed by atoms with Gasteiger partial charge in [-0.05, 0) is 30.4 Å². The van der Waals surface area contributed by atoms with Crippen LogP contribution in [0.15, 0.2) is 60.7 Å². The number of carbonyl (C=O) groups excluding carboxylic acids is 2. The standard InChI is InChI=1S/C23H26N2O4/c26-21(14-13-17-8-3-1-4-9-17)24-19(16-18-10-5-2-6-11-18)22(27)25-15-7-12-20(25)23(28)29/h1-6,8-11,19-20H,7,12-16H2,(H,24,26)(H,28,29)/t19-,20+/m1/s1. The predicted octanol–water partition coefficient (Wildman–Crippen LogP) is 2.42. The molecule has 2 aromatic carbocycles. The van der Waals surface area contributed by atoms with Gasteiger partial charge in [-0.15, -0.1) is 0 Å². The fourth-order valence-corrected chi connectivity index (χ4v) is 3.71. The first kappa shape index (κ1) is 20.6. The van der Waals surface area contributed by atoms with Crippen LogP contribution >= 0.6 is 0 Å². The Bertz CT molecular complexity index is 838. The molecule has 0 spiro atoms. The predicted molar refractivity (Wildman–Crippen MR) is 109 cm³/mol. The maximum absolute atomic E-state index is 13.1. The molecule has 6 heteroatoms. The summed E-state index contributed by atoms with van der Waals surface area (Å²) in [5, 5.41) is 12.3. The highest BCUT2D eigenvalue weighted by Crippen LogP contribution is 2.19. The molecule has 0 unspecified atom stereocenters. The van der Waals surface area contributed by atoms with Crippen LogP contribution in [-0.4, -0.2) is 46.4 Å². The third kappa shape index (κ3) is 5.67. The fraction of sp³-hybridized carbons (Fsp3) is 0.348. The van der Waals surface area contributed by atoms with Gasteiger partial charge in [0.25, 0.3) is 0 Å². The molecule has 1 heterocycles. The molecule has 2 aromatic rings. The molecule has 0 radical (unpaired) electrons. The molecule has 2 N–H and O–H groups in total. The average Bonchev–Trinajstić information content (AvgIpc) is 3.23. The van der Waals surface area contributed by atoms with E-state index in [1.54, 1.807) is 0 Å². The molecule has 1 saturated heterocycles. The van der Waals surface area contributed by atoms with Crippen LogP contribution in [-0.2, 0) is 27.2 Å². The Morgan fingerprint density at radius 2 is 1.62 bits per heavy atom. The van der Waals surface area contributed by atoms with Gasteiger partial charge in [0.05, 0.1) is 0 Å². The quantitative estimate of drug-likeness (QED) is 0.720. The Morgan fingerprint density at radius 1 is 1.00 bits per heavy atom. The van der Waals surface area contributed by atoms with Crippen molar-refractivity contribution in [2.45, 2.75) is 44.2 Å². The summed E-state index contributed by atoms with van der Waals surface area (Å²) in [7, 11) is 0. The molecule has 2 atom stereocenters. The van der Waals surface area contributed by atoms with Crippen molar-refractivity contribution in [3.63, 3.8) is 0 Å². The van der Waals surface area contributed by atoms with Gasteiger partial charge in [0.2, 0.25) is 11.8 Å². The SMILES string of the molecule is O=C(CCc1ccccc1)N[C@H](Cc1ccccc1)C(=O)N1CCC[C@H]1C(=O)O. The number of nitrogens with zero attached hydrogens (tertiary/aromatic N) is 1. The van der Waals surface area contributed by atoms with Crippen LogP contribution < -0.4 is 5.32 Å². The van der Waals surface area contributed by atoms with E-state index >= 15 is 0 Å². The van der Waals surface area contributed by atoms with Gasteiger partial charge in [0, 0.05) is 19.4 Å². The van der Waals surface area contributed by atoms with Crippen LogP contribution in [0.3, 0.4) is 0 Å². The zero-order chi connectivity index (χ0) is 20.6. The highest BCUT2D eigenvalue weighted by atomic mass is 16.4. The Kier molecular flexibility index (Phi) is 7.00. The summed E-state index contributed by atoms with van der Waals surface area (Å²) in [5.41, 5.74) is 1.97. The average molecular weight is 394 g/mol. The molecule has 2 amide bonds. The van der Waals surface area contributed by atoms with Crippen molar-refractivity contribution in [3.05, 3.63) is 71.8 Å². The van der Waals surface area contributed by atoms with E-state index in [-0.39, 0.29) is 18.2 Å². The van der Waals surface area contributed by atoms with E-state index < -0.39 is 18.1 Å². The monoisotopic (exact) mass is 394 g/mol. The Morgan fingerprint density at radius 3 is 2.24 bits per heavy atom. The number of hydrogen-bond donors (Lipinski definition) is 2. The maximum Gasteiger partial charge on any atom is 0.326 e. The molecule has 1 aliphatic heterocycles. The molecule has 29 heavy (non-hydrogen) atoms. The molecule has 1 fully saturated rings. The number of nitrogens with one attached hydrogen (secondary N) is 1. The largest absolute Gasteiger partial charge is 0.480 e. The van der Waals surface area contributed by atoms with Crippen molar-refractivity contribution in [2.24, 2.45) is 0 Å². The van der Waals surface area contributed by atoms with Crippen LogP contribution in [0.2, 0.25) is 0 Å². The summed E-state index contributed by atoms with van der Waals surface area (Å²) in [4.78, 5) is 38.6. The summed E-state index contributed by atoms with van der Waals surface area (Å²) in [5.74, 6) is -1.54. The molecule has 1 aliphatic rings. The molecule has 0 aromatic heterocycles. The second kappa shape index (κ2) is 9.87. The number of rotatable bonds is 8. The third-order valence-electron chi connectivity index (χ3n) is 5.22. The number of amides is 2. The lowest BCUT2D eigenvalue weighted by Crippen LogP contribution is -2.52. The minimum Gasteiger partial charge on any atom is -0.480 e. The van der Waals surface area contributed by atoms with Gasteiger partial charge in [0.1, 0.15) is 12.1 Å². The molecule has 152 valence electrons. The number of likely N-dealkylation sites (tertiary alicyclic amines) is 1. The van der Waals surface area contributed by atoms with Crippen LogP contribution in [0.25, 0.3) is 0 Å². The van der Waals surface area contributed by atoms with E-state index in [2.05, 4.69) is 5.32 Å². The maximum atomic E-state index is 13.1. The number of benzene rings is 2. The number of aryl methyl sites for hydroxylation is 1. The van der Waals surface area contributed by atoms with Gasteiger partial charge < -0.3 is 15.3 Å². The first-order valence-electron chi connectivity index (χ1n) is 9.95. The van der Waals surface area contributed by atoms with E-state index in [0.29, 0.717) is 32.2 Å². The summed E-state index contributed by atoms with van der Waals surface area (Å²) in [6.45, 7) is 0.404. The van der Waals surface area contributed by atoms with Gasteiger partial charge in [-0.2, -0.15) is 0 Å². The Labute approximate surface area is 170 Å². The number of carboxylic acid groups (broad SMARTS) is 1. The van der Waals surface area contributed by atoms with Crippen LogP contribution in [0.1, 0.15) is 30.4 Å². The van der Waals surface area contributed by atoms with Crippen LogP contribution in [0, 0.1) is 0 Å². The lowest BCUT2D eigenvalue weighted by Gasteiger charge is -2.27. The molecular weight excluding hydrogens is 368 g/mol. The first-order valence-corrected chi connectivity index (χ1v) is 9.95. The van der Waals surface area contributed by atoms with Crippen molar-refractivity contribution < 1.29 is 19.5 Å². The lowest BCUT2D eigenvalue weighted by atomic mass is 10.0. The first-order chi connectivity index (χ1) is 14.0. The zero-order valence-electron chi connectivity index (χ0n) is 16.3. The number of carbonyl (C=O) groups is 3. The fourth-order valence-electron chi connectivity index (χ4n) is 3.71. The minimum atomic E-state index is -0.996. The van der Waals surface area contributed by atoms with Crippen molar-refractivity contribution in [2.75, 3.05) is 6.54 Å². The summed E-state index contributed by atoms with van der Waals surface area (Å²) in [6, 6.07) is 17.5. The molecule has 0 bridgehead atoms. The normalized spacial score (nSPS) is 17.0. The van der Waals surface area contributed by atoms with E-state index in [0.717, 1.165) is 11.1 Å². The summed E-state index contributed by atoms with van der Waals surface area (Å²) < 4.78 is 0. The number of aliphatic carboxylic acids is 1. The molecule has 0 saturated carbocycles. The highest BCUT2D eigenvalue weighted by Gasteiger charge is 2.37. The minimum absolute atomic E-state index is 0.214. The van der Waals surface area contributed by atoms with Crippen molar-refractivity contribution in [3.8, 4) is 0 Å². The number of carboxylic acids is 1. The van der Waals surface area contributed by atoms with Crippen molar-refractivity contribution in [1.82, 2.24) is 10.2 Å². The smallest absolute Gasteiger partial charge is 0.326 e. The molecular formula is C23H26N2O4. The second-order valence-corrected chi connectivity index (χ2v) is 7.32. The summed E-state index contributed by atoms with van der Waals surface area (Å²) in [6.07, 6.45) is 2.29. The second-order valence-electron chi connectivity index (χ2n) is 7.32. The van der Waals surface area contributed by atoms with Crippen LogP contribution in [0.4, 0.5) is 0 Å². The molecule has 3 rings (SSSR count). The summed E-state index contributed by atoms with van der Waals surface area (Å²) >= 11 is 0. The molecule has 6 nitrogen and oxygen atoms in total. The lowest BCUT2D eigenvalue weighted by molar-refractivity contribution is -0.149. The van der Waals surface area contributed by atoms with Gasteiger partial charge in [-0.1, -0.05) is 60.7 Å².